The molecule has 0 spiro atoms. The van der Waals surface area contributed by atoms with Crippen molar-refractivity contribution in [2.24, 2.45) is 9.98 Å². The summed E-state index contributed by atoms with van der Waals surface area (Å²) >= 11 is 0. The fourth-order valence-corrected chi connectivity index (χ4v) is 1.45. The monoisotopic (exact) mass is 241 g/mol. The van der Waals surface area contributed by atoms with Gasteiger partial charge in [0.05, 0.1) is 0 Å². The Hall–Kier alpha value is -2.36. The molecule has 18 heavy (non-hydrogen) atoms. The van der Waals surface area contributed by atoms with Gasteiger partial charge in [0.2, 0.25) is 0 Å². The zero-order valence-electron chi connectivity index (χ0n) is 10.2. The molecule has 0 bridgehead atoms. The standard InChI is InChI=1S/C14H15N3O/c1-15-14(18-13-7-3-2-4-8-13)17-12-6-5-10-16-11-9-12/h2-8,10-11H,9H2,1H3,(H,15,17). The second-order valence-electron chi connectivity index (χ2n) is 3.64. The number of hydrogen-bond acceptors (Lipinski definition) is 3. The van der Waals surface area contributed by atoms with Gasteiger partial charge >= 0.3 is 0 Å². The van der Waals surface area contributed by atoms with Crippen LogP contribution in [0.4, 0.5) is 0 Å². The quantitative estimate of drug-likeness (QED) is 0.638. The summed E-state index contributed by atoms with van der Waals surface area (Å²) in [4.78, 5) is 8.14. The highest BCUT2D eigenvalue weighted by molar-refractivity contribution is 5.79. The number of benzene rings is 1. The highest BCUT2D eigenvalue weighted by Gasteiger charge is 2.04. The van der Waals surface area contributed by atoms with Gasteiger partial charge in [0.25, 0.3) is 6.02 Å². The van der Waals surface area contributed by atoms with Crippen molar-refractivity contribution in [1.29, 1.82) is 0 Å². The Labute approximate surface area is 106 Å². The highest BCUT2D eigenvalue weighted by Crippen LogP contribution is 2.09. The fourth-order valence-electron chi connectivity index (χ4n) is 1.45. The minimum Gasteiger partial charge on any atom is -0.426 e. The molecule has 0 unspecified atom stereocenters. The molecule has 0 radical (unpaired) electrons. The van der Waals surface area contributed by atoms with Gasteiger partial charge in [-0.05, 0) is 24.3 Å². The van der Waals surface area contributed by atoms with Crippen molar-refractivity contribution in [2.75, 3.05) is 7.05 Å². The summed E-state index contributed by atoms with van der Waals surface area (Å²) in [6.07, 6.45) is 8.13. The number of ether oxygens (including phenoxy) is 1. The van der Waals surface area contributed by atoms with Crippen LogP contribution in [0.5, 0.6) is 5.75 Å². The van der Waals surface area contributed by atoms with Crippen molar-refractivity contribution in [3.05, 3.63) is 54.4 Å². The van der Waals surface area contributed by atoms with Gasteiger partial charge in [0.15, 0.2) is 0 Å². The molecule has 0 aromatic heterocycles. The van der Waals surface area contributed by atoms with Crippen LogP contribution in [0, 0.1) is 0 Å². The number of allylic oxidation sites excluding steroid dienone is 3. The molecule has 2 rings (SSSR count). The average molecular weight is 241 g/mol. The Morgan fingerprint density at radius 1 is 1.33 bits per heavy atom. The lowest BCUT2D eigenvalue weighted by Crippen LogP contribution is -2.28. The summed E-state index contributed by atoms with van der Waals surface area (Å²) < 4.78 is 5.64. The van der Waals surface area contributed by atoms with E-state index in [0.29, 0.717) is 6.02 Å². The Morgan fingerprint density at radius 3 is 2.94 bits per heavy atom. The van der Waals surface area contributed by atoms with Gasteiger partial charge in [-0.2, -0.15) is 0 Å². The summed E-state index contributed by atoms with van der Waals surface area (Å²) in [7, 11) is 1.69. The van der Waals surface area contributed by atoms with Gasteiger partial charge < -0.3 is 10.1 Å². The Morgan fingerprint density at radius 2 is 2.17 bits per heavy atom. The number of amidine groups is 1. The van der Waals surface area contributed by atoms with Crippen molar-refractivity contribution in [2.45, 2.75) is 6.42 Å². The lowest BCUT2D eigenvalue weighted by atomic mass is 10.3. The van der Waals surface area contributed by atoms with Crippen molar-refractivity contribution < 1.29 is 4.74 Å². The molecule has 4 nitrogen and oxygen atoms in total. The minimum absolute atomic E-state index is 0.469. The third kappa shape index (κ3) is 3.59. The molecule has 0 saturated heterocycles. The van der Waals surface area contributed by atoms with Crippen molar-refractivity contribution in [3.8, 4) is 5.75 Å². The number of rotatable bonds is 2. The molecule has 1 aliphatic rings. The van der Waals surface area contributed by atoms with Crippen LogP contribution in [0.15, 0.2) is 64.4 Å². The maximum Gasteiger partial charge on any atom is 0.294 e. The van der Waals surface area contributed by atoms with E-state index in [9.17, 15) is 0 Å². The van der Waals surface area contributed by atoms with Crippen LogP contribution in [0.25, 0.3) is 0 Å². The summed E-state index contributed by atoms with van der Waals surface area (Å²) in [5.74, 6) is 0.754. The highest BCUT2D eigenvalue weighted by atomic mass is 16.5. The summed E-state index contributed by atoms with van der Waals surface area (Å²) in [5.41, 5.74) is 0.990. The first-order valence-corrected chi connectivity index (χ1v) is 5.72. The lowest BCUT2D eigenvalue weighted by Gasteiger charge is -2.11. The van der Waals surface area contributed by atoms with Crippen LogP contribution in [-0.4, -0.2) is 19.3 Å². The van der Waals surface area contributed by atoms with Gasteiger partial charge in [-0.25, -0.2) is 4.99 Å². The van der Waals surface area contributed by atoms with Gasteiger partial charge in [0, 0.05) is 31.6 Å². The first-order chi connectivity index (χ1) is 8.88. The summed E-state index contributed by atoms with van der Waals surface area (Å²) in [5, 5.41) is 3.14. The molecule has 1 aliphatic heterocycles. The number of nitrogens with zero attached hydrogens (tertiary/aromatic N) is 2. The molecule has 0 atom stereocenters. The number of aliphatic imine (C=N–C) groups is 2. The minimum atomic E-state index is 0.469. The average Bonchev–Trinajstić information content (AvgIpc) is 2.68. The molecule has 1 aromatic rings. The van der Waals surface area contributed by atoms with E-state index in [1.807, 2.05) is 48.7 Å². The molecule has 4 heteroatoms. The van der Waals surface area contributed by atoms with Gasteiger partial charge in [-0.15, -0.1) is 0 Å². The van der Waals surface area contributed by atoms with Crippen LogP contribution < -0.4 is 10.1 Å². The van der Waals surface area contributed by atoms with Crippen molar-refractivity contribution >= 4 is 12.2 Å². The molecule has 1 N–H and O–H groups in total. The second-order valence-corrected chi connectivity index (χ2v) is 3.64. The van der Waals surface area contributed by atoms with E-state index < -0.39 is 0 Å². The SMILES string of the molecule is CN=C(NC1=CC=CN=CC1)Oc1ccccc1. The van der Waals surface area contributed by atoms with E-state index in [0.717, 1.165) is 17.9 Å². The predicted molar refractivity (Wildman–Crippen MR) is 73.9 cm³/mol. The topological polar surface area (TPSA) is 46.0 Å². The van der Waals surface area contributed by atoms with E-state index in [1.165, 1.54) is 0 Å². The normalized spacial score (nSPS) is 14.9. The molecule has 92 valence electrons. The van der Waals surface area contributed by atoms with Gasteiger partial charge in [0.1, 0.15) is 5.75 Å². The zero-order chi connectivity index (χ0) is 12.6. The zero-order valence-corrected chi connectivity index (χ0v) is 10.2. The van der Waals surface area contributed by atoms with E-state index >= 15 is 0 Å². The largest absolute Gasteiger partial charge is 0.426 e. The van der Waals surface area contributed by atoms with Crippen LogP contribution in [0.1, 0.15) is 6.42 Å². The molecule has 0 saturated carbocycles. The Balaban J connectivity index is 2.00. The summed E-state index contributed by atoms with van der Waals surface area (Å²) in [6.45, 7) is 0. The summed E-state index contributed by atoms with van der Waals surface area (Å²) in [6, 6.07) is 10.0. The van der Waals surface area contributed by atoms with Crippen LogP contribution >= 0.6 is 0 Å². The van der Waals surface area contributed by atoms with Gasteiger partial charge in [-0.1, -0.05) is 18.2 Å². The fraction of sp³-hybridized carbons (Fsp3) is 0.143. The molecule has 0 amide bonds. The van der Waals surface area contributed by atoms with E-state index in [1.54, 1.807) is 13.2 Å². The van der Waals surface area contributed by atoms with E-state index in [2.05, 4.69) is 15.3 Å². The van der Waals surface area contributed by atoms with Gasteiger partial charge in [-0.3, -0.25) is 4.99 Å². The van der Waals surface area contributed by atoms with Crippen LogP contribution in [-0.2, 0) is 0 Å². The second kappa shape index (κ2) is 6.39. The number of nitrogens with one attached hydrogen (secondary N) is 1. The van der Waals surface area contributed by atoms with Crippen molar-refractivity contribution in [3.63, 3.8) is 0 Å². The molecule has 1 aromatic carbocycles. The first kappa shape index (κ1) is 12.1. The Bertz CT molecular complexity index is 501. The molecule has 0 aliphatic carbocycles. The van der Waals surface area contributed by atoms with Crippen LogP contribution in [0.3, 0.4) is 0 Å². The number of hydrogen-bond donors (Lipinski definition) is 1. The smallest absolute Gasteiger partial charge is 0.294 e. The predicted octanol–water partition coefficient (Wildman–Crippen LogP) is 2.51. The molecular formula is C14H15N3O. The molecule has 0 fully saturated rings. The molecule has 1 heterocycles. The first-order valence-electron chi connectivity index (χ1n) is 5.72. The van der Waals surface area contributed by atoms with E-state index in [4.69, 9.17) is 4.74 Å². The Kier molecular flexibility index (Phi) is 4.30. The third-order valence-electron chi connectivity index (χ3n) is 2.31. The van der Waals surface area contributed by atoms with Crippen molar-refractivity contribution in [1.82, 2.24) is 5.32 Å². The van der Waals surface area contributed by atoms with Crippen LogP contribution in [0.2, 0.25) is 0 Å². The van der Waals surface area contributed by atoms with E-state index in [-0.39, 0.29) is 0 Å². The lowest BCUT2D eigenvalue weighted by molar-refractivity contribution is 0.524. The number of para-hydroxylation sites is 1. The maximum absolute atomic E-state index is 5.64. The maximum atomic E-state index is 5.64. The third-order valence-corrected chi connectivity index (χ3v) is 2.31. The molecular weight excluding hydrogens is 226 g/mol.